The SMILES string of the molecule is C/C=C(\[CH][CH][CH]C(O[C-]=O)c1ccccc1)O[Si](C)(C)C.[C-]#[O+].[C-]#[O+].[C-]#[O+].[Fe+2]. The molecule has 28 heavy (non-hydrogen) atoms. The molecule has 1 unspecified atom stereocenters. The minimum atomic E-state index is -1.62. The van der Waals surface area contributed by atoms with Crippen LogP contribution in [0.2, 0.25) is 19.6 Å². The molecule has 1 aromatic carbocycles. The molecule has 0 aliphatic heterocycles. The topological polar surface area (TPSA) is 95.2 Å². The molecule has 6 nitrogen and oxygen atoms in total. The van der Waals surface area contributed by atoms with Crippen molar-refractivity contribution in [2.24, 2.45) is 0 Å². The van der Waals surface area contributed by atoms with Crippen LogP contribution in [0.5, 0.6) is 0 Å². The van der Waals surface area contributed by atoms with E-state index in [0.29, 0.717) is 0 Å². The van der Waals surface area contributed by atoms with E-state index in [-0.39, 0.29) is 17.1 Å². The van der Waals surface area contributed by atoms with E-state index in [9.17, 15) is 4.79 Å². The van der Waals surface area contributed by atoms with E-state index < -0.39 is 14.4 Å². The van der Waals surface area contributed by atoms with Gasteiger partial charge in [0.25, 0.3) is 0 Å². The van der Waals surface area contributed by atoms with Gasteiger partial charge in [0.2, 0.25) is 8.32 Å². The predicted molar refractivity (Wildman–Crippen MR) is 98.8 cm³/mol. The Morgan fingerprint density at radius 3 is 1.96 bits per heavy atom. The second kappa shape index (κ2) is 23.2. The van der Waals surface area contributed by atoms with Crippen LogP contribution >= 0.6 is 0 Å². The van der Waals surface area contributed by atoms with Crippen LogP contribution in [0, 0.1) is 39.2 Å². The van der Waals surface area contributed by atoms with Gasteiger partial charge in [0.15, 0.2) is 0 Å². The molecule has 1 rings (SSSR count). The maximum atomic E-state index is 10.5. The Hall–Kier alpha value is -1.81. The smallest absolute Gasteiger partial charge is 2.00 e. The molecule has 0 N–H and O–H groups in total. The fraction of sp³-hybridized carbons (Fsp3) is 0.250. The van der Waals surface area contributed by atoms with Crippen molar-refractivity contribution >= 4 is 14.8 Å². The quantitative estimate of drug-likeness (QED) is 0.250. The van der Waals surface area contributed by atoms with Crippen molar-refractivity contribution in [1.29, 1.82) is 0 Å². The van der Waals surface area contributed by atoms with Crippen LogP contribution in [0.4, 0.5) is 0 Å². The van der Waals surface area contributed by atoms with Gasteiger partial charge in [0, 0.05) is 12.8 Å². The zero-order chi connectivity index (χ0) is 21.7. The average molecular weight is 442 g/mol. The summed E-state index contributed by atoms with van der Waals surface area (Å²) in [5.74, 6) is 0.826. The first-order valence-electron chi connectivity index (χ1n) is 7.52. The van der Waals surface area contributed by atoms with Gasteiger partial charge in [0.05, 0.1) is 11.9 Å². The van der Waals surface area contributed by atoms with E-state index in [1.165, 1.54) is 6.47 Å². The molecular weight excluding hydrogens is 420 g/mol. The molecule has 0 saturated carbocycles. The Labute approximate surface area is 179 Å². The Morgan fingerprint density at radius 2 is 1.57 bits per heavy atom. The molecule has 1 atom stereocenters. The molecule has 1 aromatic rings. The van der Waals surface area contributed by atoms with Gasteiger partial charge in [0.1, 0.15) is 0 Å². The number of allylic oxidation sites excluding steroid dienone is 2. The van der Waals surface area contributed by atoms with Crippen molar-refractivity contribution in [2.75, 3.05) is 0 Å². The Bertz CT molecular complexity index is 562. The Balaban J connectivity index is -0.000000374. The number of ether oxygens (including phenoxy) is 1. The molecule has 0 aliphatic rings. The number of hydrogen-bond acceptors (Lipinski definition) is 3. The van der Waals surface area contributed by atoms with Crippen molar-refractivity contribution in [3.63, 3.8) is 0 Å². The molecule has 0 amide bonds. The van der Waals surface area contributed by atoms with Crippen molar-refractivity contribution in [1.82, 2.24) is 0 Å². The first-order valence-corrected chi connectivity index (χ1v) is 10.9. The predicted octanol–water partition coefficient (Wildman–Crippen LogP) is 4.06. The van der Waals surface area contributed by atoms with E-state index in [4.69, 9.17) is 23.1 Å². The summed E-state index contributed by atoms with van der Waals surface area (Å²) in [5, 5.41) is 0. The molecule has 0 bridgehead atoms. The van der Waals surface area contributed by atoms with Crippen LogP contribution in [0.3, 0.4) is 0 Å². The maximum Gasteiger partial charge on any atom is 2.00 e. The van der Waals surface area contributed by atoms with Gasteiger partial charge in [-0.1, -0.05) is 42.9 Å². The number of rotatable bonds is 9. The first-order chi connectivity index (χ1) is 13.0. The van der Waals surface area contributed by atoms with Crippen molar-refractivity contribution < 1.29 is 45.0 Å². The summed E-state index contributed by atoms with van der Waals surface area (Å²) in [6.07, 6.45) is 7.00. The largest absolute Gasteiger partial charge is 2.00 e. The van der Waals surface area contributed by atoms with Crippen LogP contribution < -0.4 is 0 Å². The minimum absolute atomic E-state index is 0. The molecule has 0 spiro atoms. The molecule has 0 saturated heterocycles. The van der Waals surface area contributed by atoms with Gasteiger partial charge in [-0.3, -0.25) is 0 Å². The van der Waals surface area contributed by atoms with E-state index in [1.807, 2.05) is 56.2 Å². The van der Waals surface area contributed by atoms with Crippen molar-refractivity contribution in [3.05, 3.63) is 86.9 Å². The third-order valence-electron chi connectivity index (χ3n) is 2.56. The zero-order valence-corrected chi connectivity index (χ0v) is 18.2. The Kier molecular flexibility index (Phi) is 28.0. The molecule has 0 aliphatic carbocycles. The Morgan fingerprint density at radius 1 is 1.07 bits per heavy atom. The third-order valence-corrected chi connectivity index (χ3v) is 3.41. The van der Waals surface area contributed by atoms with E-state index >= 15 is 0 Å². The van der Waals surface area contributed by atoms with Gasteiger partial charge in [-0.25, -0.2) is 0 Å². The monoisotopic (exact) mass is 442 g/mol. The summed E-state index contributed by atoms with van der Waals surface area (Å²) in [6.45, 7) is 23.3. The van der Waals surface area contributed by atoms with Gasteiger partial charge in [-0.05, 0) is 38.5 Å². The van der Waals surface area contributed by atoms with Crippen LogP contribution in [0.25, 0.3) is 0 Å². The summed E-state index contributed by atoms with van der Waals surface area (Å²) >= 11 is 0. The van der Waals surface area contributed by atoms with E-state index in [2.05, 4.69) is 39.6 Å². The molecule has 149 valence electrons. The summed E-state index contributed by atoms with van der Waals surface area (Å²) in [7, 11) is -1.62. The normalized spacial score (nSPS) is 10.4. The zero-order valence-electron chi connectivity index (χ0n) is 16.1. The van der Waals surface area contributed by atoms with E-state index in [1.54, 1.807) is 6.42 Å². The number of carbonyl (C=O) groups excluding carboxylic acids is 1. The fourth-order valence-electron chi connectivity index (χ4n) is 1.71. The van der Waals surface area contributed by atoms with Gasteiger partial charge in [-0.2, -0.15) is 0 Å². The number of benzene rings is 1. The third kappa shape index (κ3) is 19.0. The van der Waals surface area contributed by atoms with Crippen LogP contribution in [0.15, 0.2) is 42.2 Å². The first kappa shape index (κ1) is 33.7. The number of hydrogen-bond donors (Lipinski definition) is 0. The van der Waals surface area contributed by atoms with Crippen LogP contribution in [0.1, 0.15) is 18.6 Å². The molecule has 8 heteroatoms. The molecular formula is C20H22FeO6Si+. The second-order valence-corrected chi connectivity index (χ2v) is 9.92. The van der Waals surface area contributed by atoms with Crippen LogP contribution in [-0.4, -0.2) is 14.8 Å². The average Bonchev–Trinajstić information content (AvgIpc) is 2.71. The summed E-state index contributed by atoms with van der Waals surface area (Å²) < 4.78 is 33.4. The molecule has 0 heterocycles. The minimum Gasteiger partial charge on any atom is 2.00 e. The molecule has 0 aromatic heterocycles. The maximum absolute atomic E-state index is 10.5. The summed E-state index contributed by atoms with van der Waals surface area (Å²) in [6, 6.07) is 9.53. The van der Waals surface area contributed by atoms with Crippen molar-refractivity contribution in [3.8, 4) is 0 Å². The summed E-state index contributed by atoms with van der Waals surface area (Å²) in [4.78, 5) is 10.5. The standard InChI is InChI=1S/C17H22O3Si.3CO.Fe/c1-5-16(20-21(2,3)4)12-9-13-17(19-14-18)15-10-7-6-8-11-15;3*1-2;/h5-13,17H,1-4H3;;;;/q-1;;;;+2/b16-5+;;;;. The molecule has 0 fully saturated rings. The fourth-order valence-corrected chi connectivity index (χ4v) is 2.60. The molecule has 3 radical (unpaired) electrons. The van der Waals surface area contributed by atoms with Gasteiger partial charge in [-0.15, -0.1) is 0 Å². The summed E-state index contributed by atoms with van der Waals surface area (Å²) in [5.41, 5.74) is 0.902. The van der Waals surface area contributed by atoms with Crippen molar-refractivity contribution in [2.45, 2.75) is 32.7 Å². The second-order valence-electron chi connectivity index (χ2n) is 5.49. The van der Waals surface area contributed by atoms with Crippen LogP contribution in [-0.2, 0) is 45.0 Å². The van der Waals surface area contributed by atoms with Gasteiger partial charge >= 0.3 is 51.0 Å². The van der Waals surface area contributed by atoms with Gasteiger partial charge < -0.3 is 14.0 Å². The van der Waals surface area contributed by atoms with E-state index in [0.717, 1.165) is 11.3 Å².